The van der Waals surface area contributed by atoms with Gasteiger partial charge in [0.15, 0.2) is 0 Å². The number of piperazine rings is 1. The summed E-state index contributed by atoms with van der Waals surface area (Å²) < 4.78 is 40.2. The largest absolute Gasteiger partial charge is 0.416 e. The van der Waals surface area contributed by atoms with Crippen LogP contribution in [0.2, 0.25) is 5.02 Å². The highest BCUT2D eigenvalue weighted by atomic mass is 35.5. The molecular formula is C27H27ClF3N3S. The second-order valence-electron chi connectivity index (χ2n) is 8.91. The van der Waals surface area contributed by atoms with Gasteiger partial charge in [0.1, 0.15) is 0 Å². The SMILES string of the molecule is FC(F)(F)c1ccc2c(c1)N(CCCCN1CCN(c3ccc(Cl)cc3)CC1)c1ccccc1S2. The third-order valence-corrected chi connectivity index (χ3v) is 8.01. The fourth-order valence-corrected chi connectivity index (χ4v) is 5.94. The third kappa shape index (κ3) is 5.57. The van der Waals surface area contributed by atoms with Crippen LogP contribution < -0.4 is 9.80 Å². The van der Waals surface area contributed by atoms with Gasteiger partial charge in [0.25, 0.3) is 0 Å². The molecule has 0 radical (unpaired) electrons. The molecule has 0 atom stereocenters. The van der Waals surface area contributed by atoms with Crippen molar-refractivity contribution in [2.75, 3.05) is 49.1 Å². The molecule has 35 heavy (non-hydrogen) atoms. The smallest absolute Gasteiger partial charge is 0.369 e. The van der Waals surface area contributed by atoms with E-state index in [1.807, 2.05) is 36.4 Å². The van der Waals surface area contributed by atoms with Crippen molar-refractivity contribution in [3.05, 3.63) is 77.3 Å². The highest BCUT2D eigenvalue weighted by Gasteiger charge is 2.33. The van der Waals surface area contributed by atoms with Crippen molar-refractivity contribution in [2.45, 2.75) is 28.8 Å². The first-order valence-corrected chi connectivity index (χ1v) is 13.1. The van der Waals surface area contributed by atoms with Gasteiger partial charge < -0.3 is 9.80 Å². The van der Waals surface area contributed by atoms with E-state index >= 15 is 0 Å². The summed E-state index contributed by atoms with van der Waals surface area (Å²) >= 11 is 7.54. The van der Waals surface area contributed by atoms with Crippen LogP contribution in [0.25, 0.3) is 0 Å². The summed E-state index contributed by atoms with van der Waals surface area (Å²) in [6.45, 7) is 5.65. The molecule has 0 N–H and O–H groups in total. The van der Waals surface area contributed by atoms with E-state index in [-0.39, 0.29) is 0 Å². The van der Waals surface area contributed by atoms with Crippen LogP contribution in [0.15, 0.2) is 76.5 Å². The molecule has 2 aliphatic heterocycles. The van der Waals surface area contributed by atoms with Crippen LogP contribution in [0, 0.1) is 0 Å². The minimum absolute atomic E-state index is 0.597. The monoisotopic (exact) mass is 517 g/mol. The molecule has 1 saturated heterocycles. The first kappa shape index (κ1) is 24.3. The Balaban J connectivity index is 1.19. The summed E-state index contributed by atoms with van der Waals surface area (Å²) in [7, 11) is 0. The Morgan fingerprint density at radius 2 is 1.46 bits per heavy atom. The molecule has 2 aliphatic rings. The second kappa shape index (κ2) is 10.3. The van der Waals surface area contributed by atoms with Crippen LogP contribution in [0.5, 0.6) is 0 Å². The first-order chi connectivity index (χ1) is 16.9. The predicted molar refractivity (Wildman–Crippen MR) is 138 cm³/mol. The Kier molecular flexibility index (Phi) is 7.19. The maximum Gasteiger partial charge on any atom is 0.416 e. The molecule has 0 unspecified atom stereocenters. The molecule has 0 spiro atoms. The highest BCUT2D eigenvalue weighted by molar-refractivity contribution is 7.99. The van der Waals surface area contributed by atoms with E-state index in [0.717, 1.165) is 66.1 Å². The maximum atomic E-state index is 13.4. The minimum atomic E-state index is -4.35. The Hall–Kier alpha value is -2.35. The Morgan fingerprint density at radius 3 is 2.20 bits per heavy atom. The number of anilines is 3. The Bertz CT molecular complexity index is 1160. The van der Waals surface area contributed by atoms with Crippen molar-refractivity contribution < 1.29 is 13.2 Å². The molecule has 0 aromatic heterocycles. The fraction of sp³-hybridized carbons (Fsp3) is 0.333. The van der Waals surface area contributed by atoms with Crippen molar-refractivity contribution in [3.63, 3.8) is 0 Å². The van der Waals surface area contributed by atoms with Crippen LogP contribution in [-0.2, 0) is 6.18 Å². The van der Waals surface area contributed by atoms with Gasteiger partial charge in [-0.15, -0.1) is 0 Å². The van der Waals surface area contributed by atoms with Gasteiger partial charge in [0.2, 0.25) is 0 Å². The van der Waals surface area contributed by atoms with Gasteiger partial charge in [-0.2, -0.15) is 13.2 Å². The molecule has 1 fully saturated rings. The number of fused-ring (bicyclic) bond motifs is 2. The van der Waals surface area contributed by atoms with Crippen LogP contribution in [0.3, 0.4) is 0 Å². The molecule has 184 valence electrons. The van der Waals surface area contributed by atoms with Crippen LogP contribution >= 0.6 is 23.4 Å². The lowest BCUT2D eigenvalue weighted by atomic mass is 10.1. The van der Waals surface area contributed by atoms with E-state index in [0.29, 0.717) is 12.2 Å². The van der Waals surface area contributed by atoms with Gasteiger partial charge >= 0.3 is 6.18 Å². The summed E-state index contributed by atoms with van der Waals surface area (Å²) in [6.07, 6.45) is -2.44. The number of rotatable bonds is 6. The van der Waals surface area contributed by atoms with E-state index in [4.69, 9.17) is 11.6 Å². The average molecular weight is 518 g/mol. The van der Waals surface area contributed by atoms with Crippen molar-refractivity contribution in [2.24, 2.45) is 0 Å². The molecule has 0 aliphatic carbocycles. The molecule has 5 rings (SSSR count). The lowest BCUT2D eigenvalue weighted by Gasteiger charge is -2.36. The number of alkyl halides is 3. The van der Waals surface area contributed by atoms with Crippen molar-refractivity contribution in [3.8, 4) is 0 Å². The molecule has 0 saturated carbocycles. The zero-order valence-electron chi connectivity index (χ0n) is 19.3. The molecular weight excluding hydrogens is 491 g/mol. The van der Waals surface area contributed by atoms with Crippen molar-refractivity contribution in [1.82, 2.24) is 4.90 Å². The van der Waals surface area contributed by atoms with E-state index in [2.05, 4.69) is 26.8 Å². The zero-order valence-corrected chi connectivity index (χ0v) is 20.8. The number of hydrogen-bond acceptors (Lipinski definition) is 4. The molecule has 3 aromatic rings. The van der Waals surface area contributed by atoms with Crippen LogP contribution in [0.4, 0.5) is 30.2 Å². The topological polar surface area (TPSA) is 9.72 Å². The minimum Gasteiger partial charge on any atom is -0.369 e. The number of unbranched alkanes of at least 4 members (excludes halogenated alkanes) is 1. The van der Waals surface area contributed by atoms with Gasteiger partial charge in [-0.1, -0.05) is 35.5 Å². The van der Waals surface area contributed by atoms with Crippen molar-refractivity contribution >= 4 is 40.4 Å². The van der Waals surface area contributed by atoms with Gasteiger partial charge in [-0.25, -0.2) is 0 Å². The average Bonchev–Trinajstić information content (AvgIpc) is 2.86. The molecule has 0 bridgehead atoms. The summed E-state index contributed by atoms with van der Waals surface area (Å²) in [5.41, 5.74) is 2.24. The standard InChI is InChI=1S/C27H27ClF3N3S/c28-21-8-10-22(11-9-21)33-17-15-32(16-18-33)13-3-4-14-34-23-5-1-2-6-25(23)35-26-12-7-20(19-24(26)34)27(29,30)31/h1-2,5-12,19H,3-4,13-18H2. The van der Waals surface area contributed by atoms with Gasteiger partial charge in [-0.3, -0.25) is 4.90 Å². The molecule has 3 aromatic carbocycles. The van der Waals surface area contributed by atoms with Gasteiger partial charge in [-0.05, 0) is 74.0 Å². The number of halogens is 4. The lowest BCUT2D eigenvalue weighted by molar-refractivity contribution is -0.137. The van der Waals surface area contributed by atoms with Crippen LogP contribution in [0.1, 0.15) is 18.4 Å². The Morgan fingerprint density at radius 1 is 0.771 bits per heavy atom. The highest BCUT2D eigenvalue weighted by Crippen LogP contribution is 2.49. The summed E-state index contributed by atoms with van der Waals surface area (Å²) in [4.78, 5) is 8.87. The predicted octanol–water partition coefficient (Wildman–Crippen LogP) is 7.56. The maximum absolute atomic E-state index is 13.4. The van der Waals surface area contributed by atoms with E-state index in [1.54, 1.807) is 6.07 Å². The fourth-order valence-electron chi connectivity index (χ4n) is 4.73. The number of nitrogens with zero attached hydrogens (tertiary/aromatic N) is 3. The molecule has 8 heteroatoms. The summed E-state index contributed by atoms with van der Waals surface area (Å²) in [5, 5.41) is 0.750. The lowest BCUT2D eigenvalue weighted by Crippen LogP contribution is -2.46. The van der Waals surface area contributed by atoms with Crippen molar-refractivity contribution in [1.29, 1.82) is 0 Å². The van der Waals surface area contributed by atoms with E-state index < -0.39 is 11.7 Å². The van der Waals surface area contributed by atoms with Crippen LogP contribution in [-0.4, -0.2) is 44.2 Å². The summed E-state index contributed by atoms with van der Waals surface area (Å²) in [5.74, 6) is 0. The quantitative estimate of drug-likeness (QED) is 0.312. The molecule has 2 heterocycles. The number of para-hydroxylation sites is 1. The van der Waals surface area contributed by atoms with Gasteiger partial charge in [0.05, 0.1) is 16.9 Å². The van der Waals surface area contributed by atoms with E-state index in [1.165, 1.54) is 29.6 Å². The first-order valence-electron chi connectivity index (χ1n) is 11.9. The summed E-state index contributed by atoms with van der Waals surface area (Å²) in [6, 6.07) is 20.0. The van der Waals surface area contributed by atoms with Gasteiger partial charge in [0, 0.05) is 53.2 Å². The second-order valence-corrected chi connectivity index (χ2v) is 10.4. The van der Waals surface area contributed by atoms with E-state index in [9.17, 15) is 13.2 Å². The molecule has 0 amide bonds. The number of benzene rings is 3. The zero-order chi connectivity index (χ0) is 24.4. The third-order valence-electron chi connectivity index (χ3n) is 6.62. The number of hydrogen-bond donors (Lipinski definition) is 0. The molecule has 3 nitrogen and oxygen atoms in total. The Labute approximate surface area is 213 Å². The normalized spacial score (nSPS) is 16.2.